The smallest absolute Gasteiger partial charge is 0.222 e. The molecule has 1 amide bonds. The Morgan fingerprint density at radius 3 is 2.36 bits per heavy atom. The highest BCUT2D eigenvalue weighted by Gasteiger charge is 2.12. The van der Waals surface area contributed by atoms with Gasteiger partial charge in [-0.05, 0) is 36.5 Å². The van der Waals surface area contributed by atoms with E-state index in [0.29, 0.717) is 12.3 Å². The highest BCUT2D eigenvalue weighted by molar-refractivity contribution is 5.85. The number of benzene rings is 1. The van der Waals surface area contributed by atoms with Gasteiger partial charge in [0.15, 0.2) is 0 Å². The van der Waals surface area contributed by atoms with Crippen LogP contribution in [0.25, 0.3) is 0 Å². The molecular formula is C17H29ClN2O2. The molecule has 0 aliphatic carbocycles. The first-order valence-electron chi connectivity index (χ1n) is 7.56. The molecule has 1 rings (SSSR count). The molecule has 5 heteroatoms. The first-order valence-corrected chi connectivity index (χ1v) is 7.56. The number of halogens is 1. The van der Waals surface area contributed by atoms with Crippen molar-refractivity contribution < 1.29 is 9.53 Å². The van der Waals surface area contributed by atoms with Gasteiger partial charge in [-0.3, -0.25) is 4.79 Å². The number of hydrogen-bond donors (Lipinski definition) is 1. The van der Waals surface area contributed by atoms with E-state index in [1.165, 1.54) is 0 Å². The highest BCUT2D eigenvalue weighted by atomic mass is 35.5. The topological polar surface area (TPSA) is 55.6 Å². The summed E-state index contributed by atoms with van der Waals surface area (Å²) in [4.78, 5) is 13.9. The molecule has 0 bridgehead atoms. The maximum absolute atomic E-state index is 12.1. The van der Waals surface area contributed by atoms with Gasteiger partial charge in [0.2, 0.25) is 5.91 Å². The number of methoxy groups -OCH3 is 1. The molecule has 4 nitrogen and oxygen atoms in total. The Bertz CT molecular complexity index is 435. The monoisotopic (exact) mass is 328 g/mol. The van der Waals surface area contributed by atoms with Crippen molar-refractivity contribution >= 4 is 18.3 Å². The Kier molecular flexibility index (Phi) is 9.86. The fourth-order valence-electron chi connectivity index (χ4n) is 2.04. The second-order valence-corrected chi connectivity index (χ2v) is 5.86. The summed E-state index contributed by atoms with van der Waals surface area (Å²) in [5, 5.41) is 0. The van der Waals surface area contributed by atoms with E-state index in [1.807, 2.05) is 31.3 Å². The van der Waals surface area contributed by atoms with Crippen LogP contribution in [0, 0.1) is 5.92 Å². The molecule has 0 aliphatic rings. The molecule has 0 aromatic heterocycles. The predicted molar refractivity (Wildman–Crippen MR) is 93.6 cm³/mol. The lowest BCUT2D eigenvalue weighted by Gasteiger charge is -2.21. The molecule has 126 valence electrons. The van der Waals surface area contributed by atoms with E-state index in [0.717, 1.165) is 30.7 Å². The van der Waals surface area contributed by atoms with Gasteiger partial charge in [-0.2, -0.15) is 0 Å². The number of ether oxygens (including phenoxy) is 1. The summed E-state index contributed by atoms with van der Waals surface area (Å²) in [7, 11) is 3.50. The van der Waals surface area contributed by atoms with Gasteiger partial charge in [0.1, 0.15) is 5.75 Å². The number of aryl methyl sites for hydroxylation is 1. The third kappa shape index (κ3) is 7.14. The van der Waals surface area contributed by atoms with Crippen molar-refractivity contribution in [2.45, 2.75) is 39.2 Å². The van der Waals surface area contributed by atoms with Crippen molar-refractivity contribution in [1.82, 2.24) is 4.90 Å². The highest BCUT2D eigenvalue weighted by Crippen LogP contribution is 2.13. The zero-order valence-electron chi connectivity index (χ0n) is 14.0. The number of nitrogens with two attached hydrogens (primary N) is 1. The minimum atomic E-state index is 0. The van der Waals surface area contributed by atoms with Crippen LogP contribution in [0.2, 0.25) is 0 Å². The average Bonchev–Trinajstić information content (AvgIpc) is 2.50. The van der Waals surface area contributed by atoms with Crippen LogP contribution in [-0.2, 0) is 11.2 Å². The van der Waals surface area contributed by atoms with Gasteiger partial charge in [0.25, 0.3) is 0 Å². The summed E-state index contributed by atoms with van der Waals surface area (Å²) in [6, 6.07) is 8.00. The van der Waals surface area contributed by atoms with E-state index in [1.54, 1.807) is 12.0 Å². The van der Waals surface area contributed by atoms with Crippen LogP contribution in [0.4, 0.5) is 0 Å². The average molecular weight is 329 g/mol. The van der Waals surface area contributed by atoms with Crippen LogP contribution in [0.3, 0.4) is 0 Å². The normalized spacial score (nSPS) is 11.7. The van der Waals surface area contributed by atoms with Crippen molar-refractivity contribution in [2.24, 2.45) is 11.7 Å². The lowest BCUT2D eigenvalue weighted by molar-refractivity contribution is -0.129. The van der Waals surface area contributed by atoms with E-state index < -0.39 is 0 Å². The molecule has 0 aliphatic heterocycles. The lowest BCUT2D eigenvalue weighted by atomic mass is 10.0. The van der Waals surface area contributed by atoms with Crippen LogP contribution >= 0.6 is 12.4 Å². The van der Waals surface area contributed by atoms with Crippen molar-refractivity contribution in [1.29, 1.82) is 0 Å². The van der Waals surface area contributed by atoms with E-state index in [-0.39, 0.29) is 24.4 Å². The number of amides is 1. The van der Waals surface area contributed by atoms with E-state index in [2.05, 4.69) is 13.8 Å². The summed E-state index contributed by atoms with van der Waals surface area (Å²) in [6.45, 7) is 4.94. The maximum Gasteiger partial charge on any atom is 0.222 e. The first-order chi connectivity index (χ1) is 9.93. The molecular weight excluding hydrogens is 300 g/mol. The van der Waals surface area contributed by atoms with Gasteiger partial charge in [-0.25, -0.2) is 0 Å². The molecule has 0 spiro atoms. The summed E-state index contributed by atoms with van der Waals surface area (Å²) in [5.41, 5.74) is 7.16. The third-order valence-corrected chi connectivity index (χ3v) is 3.87. The van der Waals surface area contributed by atoms with Crippen molar-refractivity contribution in [2.75, 3.05) is 20.7 Å². The van der Waals surface area contributed by atoms with Crippen LogP contribution in [-0.4, -0.2) is 37.6 Å². The summed E-state index contributed by atoms with van der Waals surface area (Å²) in [5.74, 6) is 1.46. The second kappa shape index (κ2) is 10.5. The van der Waals surface area contributed by atoms with E-state index >= 15 is 0 Å². The fourth-order valence-corrected chi connectivity index (χ4v) is 2.04. The molecule has 22 heavy (non-hydrogen) atoms. The number of carbonyl (C=O) groups excluding carboxylic acids is 1. The van der Waals surface area contributed by atoms with Gasteiger partial charge in [-0.15, -0.1) is 12.4 Å². The van der Waals surface area contributed by atoms with E-state index in [9.17, 15) is 4.79 Å². The molecule has 2 N–H and O–H groups in total. The molecule has 0 radical (unpaired) electrons. The quantitative estimate of drug-likeness (QED) is 0.798. The number of carbonyl (C=O) groups is 1. The van der Waals surface area contributed by atoms with Crippen LogP contribution in [0.1, 0.15) is 32.3 Å². The van der Waals surface area contributed by atoms with Crippen molar-refractivity contribution in [3.05, 3.63) is 29.8 Å². The van der Waals surface area contributed by atoms with Gasteiger partial charge < -0.3 is 15.4 Å². The molecule has 1 aromatic rings. The number of nitrogens with zero attached hydrogens (tertiary/aromatic N) is 1. The fraction of sp³-hybridized carbons (Fsp3) is 0.588. The number of hydrogen-bond acceptors (Lipinski definition) is 3. The Morgan fingerprint density at radius 1 is 1.27 bits per heavy atom. The van der Waals surface area contributed by atoms with Gasteiger partial charge in [0.05, 0.1) is 7.11 Å². The van der Waals surface area contributed by atoms with Crippen LogP contribution in [0.5, 0.6) is 5.75 Å². The molecule has 0 saturated carbocycles. The molecule has 0 fully saturated rings. The Hall–Kier alpha value is -1.26. The Labute approximate surface area is 140 Å². The molecule has 1 unspecified atom stereocenters. The standard InChI is InChI=1S/C17H28N2O2.ClH/c1-13(2)16(18)11-12-19(3)17(20)10-7-14-5-8-15(21-4)9-6-14;/h5-6,8-9,13,16H,7,10-12,18H2,1-4H3;1H. The van der Waals surface area contributed by atoms with Gasteiger partial charge in [0, 0.05) is 26.1 Å². The largest absolute Gasteiger partial charge is 0.497 e. The minimum Gasteiger partial charge on any atom is -0.497 e. The zero-order chi connectivity index (χ0) is 15.8. The third-order valence-electron chi connectivity index (χ3n) is 3.87. The van der Waals surface area contributed by atoms with E-state index in [4.69, 9.17) is 10.5 Å². The molecule has 0 heterocycles. The maximum atomic E-state index is 12.1. The summed E-state index contributed by atoms with van der Waals surface area (Å²) >= 11 is 0. The predicted octanol–water partition coefficient (Wildman–Crippen LogP) is 2.88. The lowest BCUT2D eigenvalue weighted by Crippen LogP contribution is -2.34. The SMILES string of the molecule is COc1ccc(CCC(=O)N(C)CCC(N)C(C)C)cc1.Cl. The summed E-state index contributed by atoms with van der Waals surface area (Å²) in [6.07, 6.45) is 2.13. The first kappa shape index (κ1) is 20.7. The van der Waals surface area contributed by atoms with Crippen molar-refractivity contribution in [3.63, 3.8) is 0 Å². The molecule has 1 atom stereocenters. The second-order valence-electron chi connectivity index (χ2n) is 5.86. The van der Waals surface area contributed by atoms with Crippen LogP contribution in [0.15, 0.2) is 24.3 Å². The molecule has 0 saturated heterocycles. The number of rotatable bonds is 8. The van der Waals surface area contributed by atoms with Gasteiger partial charge in [-0.1, -0.05) is 26.0 Å². The molecule has 1 aromatic carbocycles. The van der Waals surface area contributed by atoms with Gasteiger partial charge >= 0.3 is 0 Å². The summed E-state index contributed by atoms with van der Waals surface area (Å²) < 4.78 is 5.12. The minimum absolute atomic E-state index is 0. The Morgan fingerprint density at radius 2 is 1.86 bits per heavy atom. The zero-order valence-corrected chi connectivity index (χ0v) is 14.9. The van der Waals surface area contributed by atoms with Crippen LogP contribution < -0.4 is 10.5 Å². The van der Waals surface area contributed by atoms with Crippen molar-refractivity contribution in [3.8, 4) is 5.75 Å². The Balaban J connectivity index is 0.00000441.